The molecule has 21 heavy (non-hydrogen) atoms. The van der Waals surface area contributed by atoms with Crippen LogP contribution in [-0.4, -0.2) is 58.2 Å². The molecule has 0 radical (unpaired) electrons. The molecule has 0 heterocycles. The number of methoxy groups -OCH3 is 1. The van der Waals surface area contributed by atoms with Gasteiger partial charge in [-0.25, -0.2) is 17.9 Å². The lowest BCUT2D eigenvalue weighted by Crippen LogP contribution is -2.38. The average molecular weight is 316 g/mol. The molecule has 0 bridgehead atoms. The van der Waals surface area contributed by atoms with Gasteiger partial charge in [-0.2, -0.15) is 0 Å². The molecule has 0 aliphatic carbocycles. The van der Waals surface area contributed by atoms with Crippen molar-refractivity contribution >= 4 is 16.0 Å². The molecule has 2 N–H and O–H groups in total. The molecule has 0 spiro atoms. The van der Waals surface area contributed by atoms with Crippen LogP contribution in [0.3, 0.4) is 0 Å². The van der Waals surface area contributed by atoms with E-state index in [2.05, 4.69) is 9.46 Å². The maximum absolute atomic E-state index is 12.2. The standard InChI is InChI=1S/C13H20N2O5S/c1-9(15(2)3)8-14-21(18,19)10-5-6-12(16)11(7-10)13(17)20-4/h5-7,9,14,16H,8H2,1-4H3. The summed E-state index contributed by atoms with van der Waals surface area (Å²) < 4.78 is 31.3. The van der Waals surface area contributed by atoms with Crippen molar-refractivity contribution in [3.05, 3.63) is 23.8 Å². The summed E-state index contributed by atoms with van der Waals surface area (Å²) in [6.07, 6.45) is 0. The van der Waals surface area contributed by atoms with Gasteiger partial charge >= 0.3 is 5.97 Å². The first kappa shape index (κ1) is 17.4. The van der Waals surface area contributed by atoms with Gasteiger partial charge in [-0.15, -0.1) is 0 Å². The van der Waals surface area contributed by atoms with Crippen molar-refractivity contribution in [2.24, 2.45) is 0 Å². The van der Waals surface area contributed by atoms with E-state index >= 15 is 0 Å². The van der Waals surface area contributed by atoms with E-state index in [-0.39, 0.29) is 28.8 Å². The molecule has 0 aliphatic rings. The van der Waals surface area contributed by atoms with Gasteiger partial charge in [-0.05, 0) is 39.2 Å². The van der Waals surface area contributed by atoms with Crippen molar-refractivity contribution in [1.82, 2.24) is 9.62 Å². The zero-order chi connectivity index (χ0) is 16.2. The van der Waals surface area contributed by atoms with Gasteiger partial charge in [0.25, 0.3) is 0 Å². The van der Waals surface area contributed by atoms with E-state index in [1.165, 1.54) is 6.07 Å². The summed E-state index contributed by atoms with van der Waals surface area (Å²) in [6.45, 7) is 2.10. The maximum atomic E-state index is 12.2. The number of hydrogen-bond donors (Lipinski definition) is 2. The highest BCUT2D eigenvalue weighted by Crippen LogP contribution is 2.22. The second kappa shape index (κ2) is 6.88. The van der Waals surface area contributed by atoms with Crippen LogP contribution in [0.1, 0.15) is 17.3 Å². The number of hydrogen-bond acceptors (Lipinski definition) is 6. The predicted octanol–water partition coefficient (Wildman–Crippen LogP) is 0.407. The van der Waals surface area contributed by atoms with Gasteiger partial charge in [0.05, 0.1) is 12.0 Å². The topological polar surface area (TPSA) is 95.9 Å². The number of rotatable bonds is 6. The number of esters is 1. The normalized spacial score (nSPS) is 13.2. The highest BCUT2D eigenvalue weighted by Gasteiger charge is 2.20. The fourth-order valence-corrected chi connectivity index (χ4v) is 2.60. The largest absolute Gasteiger partial charge is 0.507 e. The summed E-state index contributed by atoms with van der Waals surface area (Å²) in [5, 5.41) is 9.57. The molecule has 0 saturated heterocycles. The molecule has 0 amide bonds. The minimum absolute atomic E-state index is 0.0111. The molecule has 0 fully saturated rings. The minimum atomic E-state index is -3.77. The Bertz CT molecular complexity index is 613. The van der Waals surface area contributed by atoms with Gasteiger partial charge in [0, 0.05) is 12.6 Å². The Hall–Kier alpha value is -1.64. The van der Waals surface area contributed by atoms with Crippen LogP contribution < -0.4 is 4.72 Å². The summed E-state index contributed by atoms with van der Waals surface area (Å²) in [5.41, 5.74) is -0.193. The quantitative estimate of drug-likeness (QED) is 0.738. The Morgan fingerprint density at radius 3 is 2.57 bits per heavy atom. The van der Waals surface area contributed by atoms with E-state index in [4.69, 9.17) is 0 Å². The van der Waals surface area contributed by atoms with Gasteiger partial charge < -0.3 is 14.7 Å². The maximum Gasteiger partial charge on any atom is 0.341 e. The van der Waals surface area contributed by atoms with E-state index < -0.39 is 16.0 Å². The van der Waals surface area contributed by atoms with Crippen LogP contribution in [0.5, 0.6) is 5.75 Å². The molecule has 1 aromatic carbocycles. The smallest absolute Gasteiger partial charge is 0.341 e. The second-order valence-electron chi connectivity index (χ2n) is 4.84. The van der Waals surface area contributed by atoms with Crippen molar-refractivity contribution in [3.63, 3.8) is 0 Å². The number of carbonyl (C=O) groups is 1. The fraction of sp³-hybridized carbons (Fsp3) is 0.462. The number of ether oxygens (including phenoxy) is 1. The van der Waals surface area contributed by atoms with E-state index in [9.17, 15) is 18.3 Å². The third-order valence-corrected chi connectivity index (χ3v) is 4.56. The first-order valence-corrected chi connectivity index (χ1v) is 7.74. The number of benzene rings is 1. The first-order valence-electron chi connectivity index (χ1n) is 6.26. The molecule has 1 rings (SSSR count). The number of nitrogens with zero attached hydrogens (tertiary/aromatic N) is 1. The Kier molecular flexibility index (Phi) is 5.70. The molecule has 118 valence electrons. The summed E-state index contributed by atoms with van der Waals surface area (Å²) in [5.74, 6) is -1.13. The SMILES string of the molecule is COC(=O)c1cc(S(=O)(=O)NCC(C)N(C)C)ccc1O. The van der Waals surface area contributed by atoms with Gasteiger partial charge in [-0.1, -0.05) is 0 Å². The molecule has 1 unspecified atom stereocenters. The summed E-state index contributed by atoms with van der Waals surface area (Å²) in [4.78, 5) is 13.2. The zero-order valence-electron chi connectivity index (χ0n) is 12.5. The Morgan fingerprint density at radius 1 is 1.43 bits per heavy atom. The molecule has 1 aromatic rings. The highest BCUT2D eigenvalue weighted by atomic mass is 32.2. The summed E-state index contributed by atoms with van der Waals surface area (Å²) in [7, 11) is 1.07. The number of sulfonamides is 1. The molecule has 8 heteroatoms. The van der Waals surface area contributed by atoms with Gasteiger partial charge in [0.2, 0.25) is 10.0 Å². The number of likely N-dealkylation sites (N-methyl/N-ethyl adjacent to an activating group) is 1. The summed E-state index contributed by atoms with van der Waals surface area (Å²) in [6, 6.07) is 3.47. The zero-order valence-corrected chi connectivity index (χ0v) is 13.3. The molecular formula is C13H20N2O5S. The Labute approximate surface area is 124 Å². The van der Waals surface area contributed by atoms with Crippen LogP contribution in [-0.2, 0) is 14.8 Å². The monoisotopic (exact) mass is 316 g/mol. The van der Waals surface area contributed by atoms with Crippen molar-refractivity contribution in [2.45, 2.75) is 17.9 Å². The molecule has 1 atom stereocenters. The third kappa shape index (κ3) is 4.42. The minimum Gasteiger partial charge on any atom is -0.507 e. The number of aromatic hydroxyl groups is 1. The first-order chi connectivity index (χ1) is 9.69. The molecular weight excluding hydrogens is 296 g/mol. The van der Waals surface area contributed by atoms with E-state index in [0.717, 1.165) is 19.2 Å². The van der Waals surface area contributed by atoms with Crippen LogP contribution in [0.25, 0.3) is 0 Å². The predicted molar refractivity (Wildman–Crippen MR) is 77.8 cm³/mol. The van der Waals surface area contributed by atoms with E-state index in [1.807, 2.05) is 25.9 Å². The van der Waals surface area contributed by atoms with Crippen molar-refractivity contribution in [2.75, 3.05) is 27.7 Å². The lowest BCUT2D eigenvalue weighted by Gasteiger charge is -2.20. The average Bonchev–Trinajstić information content (AvgIpc) is 2.44. The Balaban J connectivity index is 3.01. The molecule has 7 nitrogen and oxygen atoms in total. The second-order valence-corrected chi connectivity index (χ2v) is 6.60. The van der Waals surface area contributed by atoms with Crippen LogP contribution in [0.4, 0.5) is 0 Å². The lowest BCUT2D eigenvalue weighted by molar-refractivity contribution is 0.0597. The van der Waals surface area contributed by atoms with Crippen molar-refractivity contribution < 1.29 is 23.1 Å². The number of phenolic OH excluding ortho intramolecular Hbond substituents is 1. The lowest BCUT2D eigenvalue weighted by atomic mass is 10.2. The van der Waals surface area contributed by atoms with Gasteiger partial charge in [0.15, 0.2) is 0 Å². The number of carbonyl (C=O) groups excluding carboxylic acids is 1. The third-order valence-electron chi connectivity index (χ3n) is 3.13. The molecule has 0 aliphatic heterocycles. The van der Waals surface area contributed by atoms with Gasteiger partial charge in [0.1, 0.15) is 11.3 Å². The number of phenols is 1. The van der Waals surface area contributed by atoms with Crippen molar-refractivity contribution in [3.8, 4) is 5.75 Å². The Morgan fingerprint density at radius 2 is 2.05 bits per heavy atom. The van der Waals surface area contributed by atoms with E-state index in [1.54, 1.807) is 0 Å². The van der Waals surface area contributed by atoms with Crippen LogP contribution in [0.2, 0.25) is 0 Å². The fourth-order valence-electron chi connectivity index (χ4n) is 1.45. The highest BCUT2D eigenvalue weighted by molar-refractivity contribution is 7.89. The van der Waals surface area contributed by atoms with Crippen LogP contribution in [0, 0.1) is 0 Å². The summed E-state index contributed by atoms with van der Waals surface area (Å²) >= 11 is 0. The van der Waals surface area contributed by atoms with Crippen LogP contribution in [0.15, 0.2) is 23.1 Å². The number of nitrogens with one attached hydrogen (secondary N) is 1. The van der Waals surface area contributed by atoms with E-state index in [0.29, 0.717) is 0 Å². The van der Waals surface area contributed by atoms with Gasteiger partial charge in [-0.3, -0.25) is 0 Å². The van der Waals surface area contributed by atoms with Crippen LogP contribution >= 0.6 is 0 Å². The molecule has 0 aromatic heterocycles. The van der Waals surface area contributed by atoms with Crippen molar-refractivity contribution in [1.29, 1.82) is 0 Å². The molecule has 0 saturated carbocycles.